The SMILES string of the molecule is C.Cn1cc(-c2nc(Cl)ncc2P(C)(C)=O)c2ccccc21. The molecule has 6 heteroatoms. The number of benzene rings is 1. The highest BCUT2D eigenvalue weighted by molar-refractivity contribution is 7.70. The molecule has 116 valence electrons. The quantitative estimate of drug-likeness (QED) is 0.521. The first kappa shape index (κ1) is 16.7. The van der Waals surface area contributed by atoms with Gasteiger partial charge in [0.2, 0.25) is 5.28 Å². The summed E-state index contributed by atoms with van der Waals surface area (Å²) in [6.07, 6.45) is 3.57. The van der Waals surface area contributed by atoms with E-state index in [9.17, 15) is 4.57 Å². The van der Waals surface area contributed by atoms with Gasteiger partial charge in [-0.3, -0.25) is 0 Å². The minimum absolute atomic E-state index is 0. The Kier molecular flexibility index (Phi) is 4.46. The molecule has 0 amide bonds. The second kappa shape index (κ2) is 5.86. The molecular weight excluding hydrogens is 317 g/mol. The lowest BCUT2D eigenvalue weighted by molar-refractivity contribution is 0.588. The van der Waals surface area contributed by atoms with Crippen LogP contribution in [0.2, 0.25) is 5.28 Å². The van der Waals surface area contributed by atoms with Gasteiger partial charge in [-0.1, -0.05) is 25.6 Å². The topological polar surface area (TPSA) is 47.8 Å². The lowest BCUT2D eigenvalue weighted by Crippen LogP contribution is -2.11. The average molecular weight is 336 g/mol. The molecule has 0 bridgehead atoms. The van der Waals surface area contributed by atoms with Crippen LogP contribution in [0.1, 0.15) is 7.43 Å². The van der Waals surface area contributed by atoms with E-state index in [4.69, 9.17) is 11.6 Å². The van der Waals surface area contributed by atoms with Crippen LogP contribution in [-0.2, 0) is 11.6 Å². The molecule has 0 unspecified atom stereocenters. The Morgan fingerprint density at radius 3 is 2.59 bits per heavy atom. The number of nitrogens with zero attached hydrogens (tertiary/aromatic N) is 3. The summed E-state index contributed by atoms with van der Waals surface area (Å²) in [5.74, 6) is 0. The van der Waals surface area contributed by atoms with Gasteiger partial charge in [0.15, 0.2) is 0 Å². The summed E-state index contributed by atoms with van der Waals surface area (Å²) in [5, 5.41) is 1.88. The molecule has 0 aliphatic heterocycles. The van der Waals surface area contributed by atoms with Gasteiger partial charge in [0.05, 0.1) is 11.0 Å². The number of hydrogen-bond acceptors (Lipinski definition) is 3. The van der Waals surface area contributed by atoms with Gasteiger partial charge in [0.25, 0.3) is 0 Å². The van der Waals surface area contributed by atoms with Crippen molar-refractivity contribution in [2.24, 2.45) is 7.05 Å². The van der Waals surface area contributed by atoms with Crippen molar-refractivity contribution in [2.45, 2.75) is 7.43 Å². The lowest BCUT2D eigenvalue weighted by atomic mass is 10.1. The van der Waals surface area contributed by atoms with E-state index in [0.717, 1.165) is 16.5 Å². The van der Waals surface area contributed by atoms with Crippen molar-refractivity contribution < 1.29 is 4.57 Å². The van der Waals surface area contributed by atoms with Crippen molar-refractivity contribution in [3.63, 3.8) is 0 Å². The maximum Gasteiger partial charge on any atom is 0.222 e. The van der Waals surface area contributed by atoms with E-state index in [0.29, 0.717) is 11.0 Å². The molecule has 22 heavy (non-hydrogen) atoms. The summed E-state index contributed by atoms with van der Waals surface area (Å²) in [6, 6.07) is 8.04. The molecule has 0 aliphatic rings. The zero-order valence-electron chi connectivity index (χ0n) is 12.0. The minimum atomic E-state index is -2.50. The maximum atomic E-state index is 12.5. The first-order valence-corrected chi connectivity index (χ1v) is 9.48. The predicted octanol–water partition coefficient (Wildman–Crippen LogP) is 4.17. The number of hydrogen-bond donors (Lipinski definition) is 0. The zero-order chi connectivity index (χ0) is 15.2. The molecule has 2 heterocycles. The maximum absolute atomic E-state index is 12.5. The largest absolute Gasteiger partial charge is 0.350 e. The van der Waals surface area contributed by atoms with Crippen molar-refractivity contribution in [1.29, 1.82) is 0 Å². The first-order valence-electron chi connectivity index (χ1n) is 6.50. The van der Waals surface area contributed by atoms with Crippen LogP contribution < -0.4 is 5.30 Å². The van der Waals surface area contributed by atoms with Crippen LogP contribution in [-0.4, -0.2) is 27.9 Å². The van der Waals surface area contributed by atoms with Gasteiger partial charge in [0.1, 0.15) is 7.14 Å². The molecule has 0 saturated carbocycles. The predicted molar refractivity (Wildman–Crippen MR) is 94.8 cm³/mol. The van der Waals surface area contributed by atoms with E-state index >= 15 is 0 Å². The number of rotatable bonds is 2. The van der Waals surface area contributed by atoms with Crippen LogP contribution in [0.5, 0.6) is 0 Å². The first-order chi connectivity index (χ1) is 9.88. The molecule has 0 saturated heterocycles. The summed E-state index contributed by atoms with van der Waals surface area (Å²) >= 11 is 5.96. The Morgan fingerprint density at radius 2 is 1.91 bits per heavy atom. The fourth-order valence-electron chi connectivity index (χ4n) is 2.48. The third kappa shape index (κ3) is 2.81. The van der Waals surface area contributed by atoms with E-state index < -0.39 is 7.14 Å². The van der Waals surface area contributed by atoms with Gasteiger partial charge < -0.3 is 9.13 Å². The van der Waals surface area contributed by atoms with Crippen molar-refractivity contribution in [3.05, 3.63) is 41.9 Å². The highest BCUT2D eigenvalue weighted by Crippen LogP contribution is 2.40. The Labute approximate surface area is 135 Å². The highest BCUT2D eigenvalue weighted by Gasteiger charge is 2.22. The van der Waals surface area contributed by atoms with E-state index in [2.05, 4.69) is 9.97 Å². The van der Waals surface area contributed by atoms with Crippen molar-refractivity contribution in [1.82, 2.24) is 14.5 Å². The van der Waals surface area contributed by atoms with Gasteiger partial charge in [0, 0.05) is 35.9 Å². The van der Waals surface area contributed by atoms with E-state index in [1.165, 1.54) is 0 Å². The Hall–Kier alpha value is -1.64. The number of aromatic nitrogens is 3. The normalized spacial score (nSPS) is 11.5. The monoisotopic (exact) mass is 335 g/mol. The summed E-state index contributed by atoms with van der Waals surface area (Å²) < 4.78 is 14.6. The summed E-state index contributed by atoms with van der Waals surface area (Å²) in [4.78, 5) is 8.34. The van der Waals surface area contributed by atoms with Gasteiger partial charge in [-0.2, -0.15) is 0 Å². The van der Waals surface area contributed by atoms with Crippen LogP contribution >= 0.6 is 18.7 Å². The minimum Gasteiger partial charge on any atom is -0.350 e. The molecule has 0 aliphatic carbocycles. The Morgan fingerprint density at radius 1 is 1.23 bits per heavy atom. The third-order valence-corrected chi connectivity index (χ3v) is 5.14. The van der Waals surface area contributed by atoms with Gasteiger partial charge in [-0.05, 0) is 31.0 Å². The lowest BCUT2D eigenvalue weighted by Gasteiger charge is -2.11. The summed E-state index contributed by atoms with van der Waals surface area (Å²) in [6.45, 7) is 3.43. The van der Waals surface area contributed by atoms with Crippen LogP contribution in [0.4, 0.5) is 0 Å². The van der Waals surface area contributed by atoms with E-state index in [1.54, 1.807) is 19.5 Å². The molecular formula is C16H19ClN3OP. The number of halogens is 1. The van der Waals surface area contributed by atoms with E-state index in [1.807, 2.05) is 42.1 Å². The molecule has 0 spiro atoms. The van der Waals surface area contributed by atoms with Crippen LogP contribution in [0.25, 0.3) is 22.2 Å². The molecule has 4 nitrogen and oxygen atoms in total. The smallest absolute Gasteiger partial charge is 0.222 e. The van der Waals surface area contributed by atoms with E-state index in [-0.39, 0.29) is 12.7 Å². The van der Waals surface area contributed by atoms with Gasteiger partial charge >= 0.3 is 0 Å². The summed E-state index contributed by atoms with van der Waals surface area (Å²) in [7, 11) is -0.525. The Balaban J connectivity index is 0.00000176. The zero-order valence-corrected chi connectivity index (χ0v) is 13.7. The van der Waals surface area contributed by atoms with Gasteiger partial charge in [-0.15, -0.1) is 0 Å². The molecule has 2 aromatic heterocycles. The molecule has 3 rings (SSSR count). The molecule has 0 atom stereocenters. The van der Waals surface area contributed by atoms with Crippen molar-refractivity contribution in [3.8, 4) is 11.3 Å². The van der Waals surface area contributed by atoms with Gasteiger partial charge in [-0.25, -0.2) is 9.97 Å². The van der Waals surface area contributed by atoms with Crippen LogP contribution in [0.3, 0.4) is 0 Å². The number of aryl methyl sites for hydroxylation is 1. The molecule has 3 aromatic rings. The number of para-hydroxylation sites is 1. The van der Waals surface area contributed by atoms with Crippen LogP contribution in [0, 0.1) is 0 Å². The molecule has 0 N–H and O–H groups in total. The number of fused-ring (bicyclic) bond motifs is 1. The highest BCUT2D eigenvalue weighted by atomic mass is 35.5. The average Bonchev–Trinajstić information content (AvgIpc) is 2.75. The fraction of sp³-hybridized carbons (Fsp3) is 0.250. The second-order valence-electron chi connectivity index (χ2n) is 5.39. The van der Waals surface area contributed by atoms with Crippen molar-refractivity contribution in [2.75, 3.05) is 13.3 Å². The van der Waals surface area contributed by atoms with Crippen molar-refractivity contribution >= 4 is 35.0 Å². The summed E-state index contributed by atoms with van der Waals surface area (Å²) in [5.41, 5.74) is 2.67. The molecule has 0 radical (unpaired) electrons. The third-order valence-electron chi connectivity index (χ3n) is 3.47. The molecule has 1 aromatic carbocycles. The second-order valence-corrected chi connectivity index (χ2v) is 8.92. The standard InChI is InChI=1S/C15H15ClN3OP.CH4/c1-19-9-11(10-6-4-5-7-12(10)19)14-13(21(2,3)20)8-17-15(16)18-14;/h4-9H,1-3H3;1H4. The van der Waals surface area contributed by atoms with Crippen LogP contribution in [0.15, 0.2) is 36.7 Å². The Bertz CT molecular complexity index is 882. The molecule has 0 fully saturated rings. The fourth-order valence-corrected chi connectivity index (χ4v) is 3.63.